The minimum Gasteiger partial charge on any atom is -0.480 e. The molecular formula is C9H13F4NO3. The van der Waals surface area contributed by atoms with Crippen LogP contribution in [0.4, 0.5) is 17.6 Å². The Hall–Kier alpha value is -1.34. The summed E-state index contributed by atoms with van der Waals surface area (Å²) >= 11 is 0. The van der Waals surface area contributed by atoms with Gasteiger partial charge in [0.05, 0.1) is 0 Å². The Morgan fingerprint density at radius 3 is 1.88 bits per heavy atom. The number of halogens is 4. The number of carboxylic acids is 1. The van der Waals surface area contributed by atoms with E-state index in [9.17, 15) is 27.2 Å². The summed E-state index contributed by atoms with van der Waals surface area (Å²) in [6.45, 7) is 2.75. The lowest BCUT2D eigenvalue weighted by atomic mass is 10.0. The highest BCUT2D eigenvalue weighted by Gasteiger charge is 2.53. The first-order valence-corrected chi connectivity index (χ1v) is 4.60. The zero-order valence-corrected chi connectivity index (χ0v) is 9.51. The fourth-order valence-corrected chi connectivity index (χ4v) is 1.02. The third-order valence-electron chi connectivity index (χ3n) is 1.91. The van der Waals surface area contributed by atoms with Crippen molar-refractivity contribution >= 4 is 11.9 Å². The Bertz CT molecular complexity index is 312. The van der Waals surface area contributed by atoms with E-state index in [4.69, 9.17) is 5.11 Å². The molecule has 1 N–H and O–H groups in total. The average molecular weight is 259 g/mol. The molecule has 0 saturated carbocycles. The average Bonchev–Trinajstić information content (AvgIpc) is 2.10. The van der Waals surface area contributed by atoms with Gasteiger partial charge >= 0.3 is 18.3 Å². The first-order chi connectivity index (χ1) is 7.40. The van der Waals surface area contributed by atoms with Gasteiger partial charge in [0.25, 0.3) is 5.91 Å². The van der Waals surface area contributed by atoms with Crippen molar-refractivity contribution in [1.29, 1.82) is 0 Å². The number of hydrogen-bond acceptors (Lipinski definition) is 2. The monoisotopic (exact) mass is 259 g/mol. The van der Waals surface area contributed by atoms with Gasteiger partial charge in [-0.15, -0.1) is 0 Å². The van der Waals surface area contributed by atoms with E-state index in [0.29, 0.717) is 0 Å². The Morgan fingerprint density at radius 1 is 1.24 bits per heavy atom. The fraction of sp³-hybridized carbons (Fsp3) is 0.778. The zero-order valence-electron chi connectivity index (χ0n) is 9.51. The van der Waals surface area contributed by atoms with Gasteiger partial charge in [-0.1, -0.05) is 0 Å². The topological polar surface area (TPSA) is 57.6 Å². The molecule has 0 aromatic carbocycles. The Kier molecular flexibility index (Phi) is 4.50. The van der Waals surface area contributed by atoms with Gasteiger partial charge in [0.2, 0.25) is 0 Å². The molecule has 0 heterocycles. The molecule has 0 radical (unpaired) electrons. The van der Waals surface area contributed by atoms with Crippen LogP contribution in [0.3, 0.4) is 0 Å². The van der Waals surface area contributed by atoms with Crippen molar-refractivity contribution < 1.29 is 32.3 Å². The Labute approximate surface area is 95.2 Å². The molecule has 4 nitrogen and oxygen atoms in total. The van der Waals surface area contributed by atoms with Crippen molar-refractivity contribution in [3.8, 4) is 0 Å². The fourth-order valence-electron chi connectivity index (χ4n) is 1.02. The summed E-state index contributed by atoms with van der Waals surface area (Å²) in [5.74, 6) is -8.64. The lowest BCUT2D eigenvalue weighted by Crippen LogP contribution is -2.56. The summed E-state index contributed by atoms with van der Waals surface area (Å²) in [5.41, 5.74) is -1.30. The minimum atomic E-state index is -4.89. The zero-order chi connectivity index (χ0) is 14.0. The van der Waals surface area contributed by atoms with Crippen LogP contribution in [-0.2, 0) is 9.59 Å². The molecule has 0 spiro atoms. The van der Waals surface area contributed by atoms with E-state index < -0.39 is 36.3 Å². The summed E-state index contributed by atoms with van der Waals surface area (Å²) in [7, 11) is 0. The summed E-state index contributed by atoms with van der Waals surface area (Å²) < 4.78 is 49.7. The number of rotatable bonds is 4. The van der Waals surface area contributed by atoms with Crippen LogP contribution in [0.1, 0.15) is 20.8 Å². The number of hydrogen-bond donors (Lipinski definition) is 1. The van der Waals surface area contributed by atoms with Crippen LogP contribution in [-0.4, -0.2) is 46.3 Å². The molecule has 100 valence electrons. The Morgan fingerprint density at radius 2 is 1.65 bits per heavy atom. The van der Waals surface area contributed by atoms with Crippen LogP contribution in [0.15, 0.2) is 0 Å². The van der Waals surface area contributed by atoms with Crippen molar-refractivity contribution in [3.63, 3.8) is 0 Å². The quantitative estimate of drug-likeness (QED) is 0.780. The van der Waals surface area contributed by atoms with Crippen LogP contribution < -0.4 is 0 Å². The normalized spacial score (nSPS) is 12.7. The van der Waals surface area contributed by atoms with Crippen molar-refractivity contribution in [1.82, 2.24) is 4.90 Å². The SMILES string of the molecule is CC(C)(C)N(CC(=O)O)C(=O)C(F)(F)C(F)F. The van der Waals surface area contributed by atoms with Gasteiger partial charge in [0.15, 0.2) is 0 Å². The molecule has 0 aliphatic carbocycles. The summed E-state index contributed by atoms with van der Waals surface area (Å²) in [6, 6.07) is 0. The van der Waals surface area contributed by atoms with Gasteiger partial charge in [-0.05, 0) is 20.8 Å². The molecule has 0 atom stereocenters. The van der Waals surface area contributed by atoms with Gasteiger partial charge in [-0.2, -0.15) is 8.78 Å². The summed E-state index contributed by atoms with van der Waals surface area (Å²) in [5, 5.41) is 8.47. The molecule has 0 aromatic heterocycles. The second kappa shape index (κ2) is 4.89. The smallest absolute Gasteiger partial charge is 0.383 e. The lowest BCUT2D eigenvalue weighted by Gasteiger charge is -2.36. The van der Waals surface area contributed by atoms with E-state index in [1.807, 2.05) is 0 Å². The molecule has 0 fully saturated rings. The number of carbonyl (C=O) groups is 2. The van der Waals surface area contributed by atoms with Gasteiger partial charge < -0.3 is 10.0 Å². The summed E-state index contributed by atoms with van der Waals surface area (Å²) in [6.07, 6.45) is -4.17. The maximum atomic E-state index is 12.8. The highest BCUT2D eigenvalue weighted by Crippen LogP contribution is 2.28. The molecule has 17 heavy (non-hydrogen) atoms. The molecular weight excluding hydrogens is 246 g/mol. The molecule has 0 bridgehead atoms. The molecule has 0 rings (SSSR count). The van der Waals surface area contributed by atoms with Crippen molar-refractivity contribution in [2.45, 2.75) is 38.7 Å². The lowest BCUT2D eigenvalue weighted by molar-refractivity contribution is -0.186. The standard InChI is InChI=1S/C9H13F4NO3/c1-8(2,3)14(4-5(15)16)7(17)9(12,13)6(10)11/h6H,4H2,1-3H3,(H,15,16). The van der Waals surface area contributed by atoms with Crippen LogP contribution in [0, 0.1) is 0 Å². The van der Waals surface area contributed by atoms with E-state index >= 15 is 0 Å². The number of alkyl halides is 4. The van der Waals surface area contributed by atoms with Gasteiger partial charge in [-0.25, -0.2) is 8.78 Å². The molecule has 0 saturated heterocycles. The Balaban J connectivity index is 5.21. The van der Waals surface area contributed by atoms with Crippen molar-refractivity contribution in [2.24, 2.45) is 0 Å². The number of amides is 1. The second-order valence-corrected chi connectivity index (χ2v) is 4.38. The van der Waals surface area contributed by atoms with E-state index in [1.165, 1.54) is 20.8 Å². The summed E-state index contributed by atoms with van der Waals surface area (Å²) in [4.78, 5) is 21.9. The predicted octanol–water partition coefficient (Wildman–Crippen LogP) is 1.60. The molecule has 8 heteroatoms. The number of aliphatic carboxylic acids is 1. The van der Waals surface area contributed by atoms with Crippen LogP contribution in [0.2, 0.25) is 0 Å². The van der Waals surface area contributed by atoms with Crippen LogP contribution in [0.5, 0.6) is 0 Å². The number of carboxylic acid groups (broad SMARTS) is 1. The van der Waals surface area contributed by atoms with Gasteiger partial charge in [0.1, 0.15) is 6.54 Å². The molecule has 0 unspecified atom stereocenters. The van der Waals surface area contributed by atoms with Crippen molar-refractivity contribution in [2.75, 3.05) is 6.54 Å². The van der Waals surface area contributed by atoms with Gasteiger partial charge in [0, 0.05) is 5.54 Å². The third kappa shape index (κ3) is 3.86. The van der Waals surface area contributed by atoms with Crippen molar-refractivity contribution in [3.05, 3.63) is 0 Å². The third-order valence-corrected chi connectivity index (χ3v) is 1.91. The highest BCUT2D eigenvalue weighted by atomic mass is 19.3. The maximum Gasteiger partial charge on any atom is 0.383 e. The molecule has 0 aliphatic heterocycles. The first kappa shape index (κ1) is 15.7. The van der Waals surface area contributed by atoms with E-state index in [0.717, 1.165) is 0 Å². The molecule has 0 aromatic rings. The van der Waals surface area contributed by atoms with E-state index in [1.54, 1.807) is 0 Å². The van der Waals surface area contributed by atoms with E-state index in [-0.39, 0.29) is 4.90 Å². The van der Waals surface area contributed by atoms with Crippen LogP contribution in [0.25, 0.3) is 0 Å². The van der Waals surface area contributed by atoms with Crippen LogP contribution >= 0.6 is 0 Å². The number of nitrogens with zero attached hydrogens (tertiary/aromatic N) is 1. The molecule has 0 aliphatic rings. The number of carbonyl (C=O) groups excluding carboxylic acids is 1. The minimum absolute atomic E-state index is 0.210. The second-order valence-electron chi connectivity index (χ2n) is 4.38. The highest BCUT2D eigenvalue weighted by molar-refractivity contribution is 5.87. The van der Waals surface area contributed by atoms with E-state index in [2.05, 4.69) is 0 Å². The largest absolute Gasteiger partial charge is 0.480 e. The van der Waals surface area contributed by atoms with Gasteiger partial charge in [-0.3, -0.25) is 9.59 Å². The predicted molar refractivity (Wildman–Crippen MR) is 50.1 cm³/mol. The first-order valence-electron chi connectivity index (χ1n) is 4.60. The maximum absolute atomic E-state index is 12.8. The molecule has 1 amide bonds.